The van der Waals surface area contributed by atoms with E-state index in [1.165, 1.54) is 11.9 Å². The number of carbonyl (C=O) groups excluding carboxylic acids is 2. The maximum Gasteiger partial charge on any atom is 0.416 e. The van der Waals surface area contributed by atoms with Crippen molar-refractivity contribution < 1.29 is 35.9 Å². The van der Waals surface area contributed by atoms with Crippen LogP contribution in [-0.4, -0.2) is 65.8 Å². The summed E-state index contributed by atoms with van der Waals surface area (Å²) in [6.07, 6.45) is -10.1. The number of nitrogens with zero attached hydrogens (tertiary/aromatic N) is 3. The minimum atomic E-state index is -4.94. The fourth-order valence-electron chi connectivity index (χ4n) is 4.40. The fourth-order valence-corrected chi connectivity index (χ4v) is 4.40. The minimum absolute atomic E-state index is 0.0113. The summed E-state index contributed by atoms with van der Waals surface area (Å²) in [5, 5.41) is 0. The van der Waals surface area contributed by atoms with Gasteiger partial charge in [-0.05, 0) is 49.6 Å². The molecule has 0 spiro atoms. The molecule has 1 fully saturated rings. The number of amides is 2. The lowest BCUT2D eigenvalue weighted by molar-refractivity contribution is -0.145. The van der Waals surface area contributed by atoms with Gasteiger partial charge in [0.1, 0.15) is 6.04 Å². The van der Waals surface area contributed by atoms with Crippen LogP contribution in [0.4, 0.5) is 26.3 Å². The maximum atomic E-state index is 13.5. The molecule has 11 heteroatoms. The number of carbonyl (C=O) groups is 2. The minimum Gasteiger partial charge on any atom is -0.344 e. The van der Waals surface area contributed by atoms with Gasteiger partial charge in [0, 0.05) is 32.7 Å². The van der Waals surface area contributed by atoms with Crippen molar-refractivity contribution in [1.82, 2.24) is 14.7 Å². The van der Waals surface area contributed by atoms with Crippen molar-refractivity contribution in [3.8, 4) is 0 Å². The number of alkyl halides is 6. The van der Waals surface area contributed by atoms with Gasteiger partial charge >= 0.3 is 12.4 Å². The summed E-state index contributed by atoms with van der Waals surface area (Å²) in [4.78, 5) is 31.0. The topological polar surface area (TPSA) is 43.9 Å². The Bertz CT molecular complexity index is 1070. The second kappa shape index (κ2) is 11.1. The highest BCUT2D eigenvalue weighted by Gasteiger charge is 2.38. The van der Waals surface area contributed by atoms with E-state index >= 15 is 0 Å². The number of benzene rings is 2. The zero-order chi connectivity index (χ0) is 27.5. The third-order valence-electron chi connectivity index (χ3n) is 6.38. The van der Waals surface area contributed by atoms with Crippen molar-refractivity contribution in [3.05, 3.63) is 70.8 Å². The molecule has 0 radical (unpaired) electrons. The first-order chi connectivity index (χ1) is 17.2. The van der Waals surface area contributed by atoms with Gasteiger partial charge < -0.3 is 9.80 Å². The highest BCUT2D eigenvalue weighted by molar-refractivity contribution is 5.85. The van der Waals surface area contributed by atoms with Crippen molar-refractivity contribution >= 4 is 11.8 Å². The van der Waals surface area contributed by atoms with Gasteiger partial charge in [-0.3, -0.25) is 14.5 Å². The van der Waals surface area contributed by atoms with E-state index in [0.717, 1.165) is 0 Å². The Morgan fingerprint density at radius 3 is 2.00 bits per heavy atom. The lowest BCUT2D eigenvalue weighted by Crippen LogP contribution is -2.55. The molecular formula is C26H29F6N3O2. The Balaban J connectivity index is 1.82. The Morgan fingerprint density at radius 2 is 1.51 bits per heavy atom. The van der Waals surface area contributed by atoms with Crippen LogP contribution in [0.15, 0.2) is 48.5 Å². The summed E-state index contributed by atoms with van der Waals surface area (Å²) in [7, 11) is 1.45. The zero-order valence-corrected chi connectivity index (χ0v) is 20.7. The van der Waals surface area contributed by atoms with Gasteiger partial charge in [-0.15, -0.1) is 0 Å². The second-order valence-electron chi connectivity index (χ2n) is 9.39. The summed E-state index contributed by atoms with van der Waals surface area (Å²) in [5.74, 6) is -0.527. The van der Waals surface area contributed by atoms with E-state index in [1.54, 1.807) is 40.1 Å². The summed E-state index contributed by atoms with van der Waals surface area (Å²) in [6.45, 7) is 4.58. The van der Waals surface area contributed by atoms with Crippen LogP contribution in [0.1, 0.15) is 42.1 Å². The average Bonchev–Trinajstić information content (AvgIpc) is 2.82. The number of halogens is 6. The molecule has 1 heterocycles. The molecule has 0 bridgehead atoms. The molecule has 1 saturated heterocycles. The summed E-state index contributed by atoms with van der Waals surface area (Å²) in [6, 6.07) is 9.40. The molecule has 0 N–H and O–H groups in total. The van der Waals surface area contributed by atoms with E-state index in [9.17, 15) is 35.9 Å². The Kier molecular flexibility index (Phi) is 8.56. The largest absolute Gasteiger partial charge is 0.416 e. The van der Waals surface area contributed by atoms with Gasteiger partial charge in [-0.1, -0.05) is 30.3 Å². The first kappa shape index (κ1) is 28.5. The zero-order valence-electron chi connectivity index (χ0n) is 20.7. The Labute approximate surface area is 211 Å². The van der Waals surface area contributed by atoms with E-state index in [4.69, 9.17) is 0 Å². The molecule has 0 saturated carbocycles. The van der Waals surface area contributed by atoms with Crippen LogP contribution in [0, 0.1) is 0 Å². The van der Waals surface area contributed by atoms with Crippen molar-refractivity contribution in [2.24, 2.45) is 0 Å². The van der Waals surface area contributed by atoms with Crippen LogP contribution in [0.25, 0.3) is 0 Å². The summed E-state index contributed by atoms with van der Waals surface area (Å²) < 4.78 is 79.2. The molecule has 1 aliphatic heterocycles. The first-order valence-corrected chi connectivity index (χ1v) is 11.8. The van der Waals surface area contributed by atoms with Crippen LogP contribution >= 0.6 is 0 Å². The number of hydrogen-bond donors (Lipinski definition) is 0. The van der Waals surface area contributed by atoms with E-state index in [0.29, 0.717) is 30.8 Å². The molecular weight excluding hydrogens is 500 g/mol. The van der Waals surface area contributed by atoms with Crippen molar-refractivity contribution in [1.29, 1.82) is 0 Å². The van der Waals surface area contributed by atoms with Crippen LogP contribution in [0.5, 0.6) is 0 Å². The standard InChI is InChI=1S/C26H29F6N3O2/c1-17(2)35-12-11-34(16-22(35)36)23(19-7-5-4-6-8-19)24(37)33(3)10-9-18-13-20(25(27,28)29)15-21(14-18)26(30,31)32/h4-8,13-15,17,23H,9-12,16H2,1-3H3. The molecule has 1 aliphatic rings. The highest BCUT2D eigenvalue weighted by Crippen LogP contribution is 2.36. The predicted molar refractivity (Wildman–Crippen MR) is 125 cm³/mol. The van der Waals surface area contributed by atoms with Gasteiger partial charge in [0.25, 0.3) is 0 Å². The number of piperazine rings is 1. The average molecular weight is 530 g/mol. The van der Waals surface area contributed by atoms with Gasteiger partial charge in [0.2, 0.25) is 11.8 Å². The molecule has 0 aliphatic carbocycles. The molecule has 1 unspecified atom stereocenters. The lowest BCUT2D eigenvalue weighted by Gasteiger charge is -2.40. The molecule has 3 rings (SSSR count). The van der Waals surface area contributed by atoms with Gasteiger partial charge in [0.05, 0.1) is 17.7 Å². The molecule has 2 aromatic carbocycles. The van der Waals surface area contributed by atoms with Gasteiger partial charge in [-0.2, -0.15) is 26.3 Å². The predicted octanol–water partition coefficient (Wildman–Crippen LogP) is 5.02. The van der Waals surface area contributed by atoms with Crippen LogP contribution in [0.3, 0.4) is 0 Å². The molecule has 2 amide bonds. The third kappa shape index (κ3) is 7.03. The SMILES string of the molecule is CC(C)N1CCN(C(C(=O)N(C)CCc2cc(C(F)(F)F)cc(C(F)(F)F)c2)c2ccccc2)CC1=O. The smallest absolute Gasteiger partial charge is 0.344 e. The van der Waals surface area contributed by atoms with Gasteiger partial charge in [-0.25, -0.2) is 0 Å². The van der Waals surface area contributed by atoms with Gasteiger partial charge in [0.15, 0.2) is 0 Å². The van der Waals surface area contributed by atoms with Crippen LogP contribution < -0.4 is 0 Å². The fraction of sp³-hybridized carbons (Fsp3) is 0.462. The van der Waals surface area contributed by atoms with Crippen molar-refractivity contribution in [2.45, 2.75) is 44.7 Å². The third-order valence-corrected chi connectivity index (χ3v) is 6.38. The molecule has 202 valence electrons. The summed E-state index contributed by atoms with van der Waals surface area (Å²) in [5.41, 5.74) is -2.33. The Morgan fingerprint density at radius 1 is 0.946 bits per heavy atom. The molecule has 37 heavy (non-hydrogen) atoms. The quantitative estimate of drug-likeness (QED) is 0.474. The molecule has 1 atom stereocenters. The van der Waals surface area contributed by atoms with E-state index in [1.807, 2.05) is 13.8 Å². The molecule has 2 aromatic rings. The van der Waals surface area contributed by atoms with Crippen LogP contribution in [-0.2, 0) is 28.4 Å². The van der Waals surface area contributed by atoms with E-state index in [-0.39, 0.29) is 43.1 Å². The summed E-state index contributed by atoms with van der Waals surface area (Å²) >= 11 is 0. The van der Waals surface area contributed by atoms with Crippen LogP contribution in [0.2, 0.25) is 0 Å². The molecule has 5 nitrogen and oxygen atoms in total. The highest BCUT2D eigenvalue weighted by atomic mass is 19.4. The maximum absolute atomic E-state index is 13.5. The number of rotatable bonds is 7. The van der Waals surface area contributed by atoms with E-state index in [2.05, 4.69) is 0 Å². The van der Waals surface area contributed by atoms with E-state index < -0.39 is 35.4 Å². The first-order valence-electron chi connectivity index (χ1n) is 11.8. The normalized spacial score (nSPS) is 16.3. The monoisotopic (exact) mass is 529 g/mol. The lowest BCUT2D eigenvalue weighted by atomic mass is 10.0. The second-order valence-corrected chi connectivity index (χ2v) is 9.39. The number of hydrogen-bond acceptors (Lipinski definition) is 3. The number of likely N-dealkylation sites (N-methyl/N-ethyl adjacent to an activating group) is 1. The van der Waals surface area contributed by atoms with Crippen molar-refractivity contribution in [2.75, 3.05) is 33.2 Å². The Hall–Kier alpha value is -3.08. The molecule has 0 aromatic heterocycles. The van der Waals surface area contributed by atoms with Crippen molar-refractivity contribution in [3.63, 3.8) is 0 Å².